The van der Waals surface area contributed by atoms with Gasteiger partial charge in [-0.2, -0.15) is 0 Å². The van der Waals surface area contributed by atoms with Gasteiger partial charge in [0.25, 0.3) is 5.91 Å². The molecule has 0 aliphatic rings. The topological polar surface area (TPSA) is 84.8 Å². The molecule has 120 valence electrons. The molecule has 22 heavy (non-hydrogen) atoms. The zero-order valence-electron chi connectivity index (χ0n) is 13.1. The highest BCUT2D eigenvalue weighted by Crippen LogP contribution is 2.14. The van der Waals surface area contributed by atoms with Crippen molar-refractivity contribution in [1.82, 2.24) is 4.72 Å². The molecule has 1 N–H and O–H groups in total. The minimum atomic E-state index is -3.49. The maximum Gasteiger partial charge on any atom is 0.444 e. The number of benzene rings is 1. The highest BCUT2D eigenvalue weighted by molar-refractivity contribution is 7.92. The van der Waals surface area contributed by atoms with E-state index in [1.165, 1.54) is 19.1 Å². The second-order valence-electron chi connectivity index (χ2n) is 5.62. The Hall–Kier alpha value is -2.15. The van der Waals surface area contributed by atoms with Crippen molar-refractivity contribution in [3.05, 3.63) is 42.5 Å². The van der Waals surface area contributed by atoms with Crippen LogP contribution in [-0.2, 0) is 19.4 Å². The van der Waals surface area contributed by atoms with E-state index in [0.29, 0.717) is 0 Å². The molecule has 0 aromatic heterocycles. The van der Waals surface area contributed by atoms with Gasteiger partial charge in [-0.1, -0.05) is 24.8 Å². The van der Waals surface area contributed by atoms with Crippen molar-refractivity contribution in [2.45, 2.75) is 38.2 Å². The monoisotopic (exact) mass is 324 g/mol. The van der Waals surface area contributed by atoms with Crippen LogP contribution in [0.4, 0.5) is 4.79 Å². The Morgan fingerprint density at radius 1 is 1.23 bits per heavy atom. The van der Waals surface area contributed by atoms with Crippen LogP contribution in [0.25, 0.3) is 0 Å². The van der Waals surface area contributed by atoms with Gasteiger partial charge in [-0.25, -0.2) is 9.00 Å². The molecule has 0 heterocycles. The first-order valence-electron chi connectivity index (χ1n) is 6.56. The van der Waals surface area contributed by atoms with Gasteiger partial charge in [0, 0.05) is 5.57 Å². The molecule has 0 radical (unpaired) electrons. The lowest BCUT2D eigenvalue weighted by atomic mass is 10.2. The van der Waals surface area contributed by atoms with Gasteiger partial charge in [0.05, 0.1) is 4.90 Å². The van der Waals surface area contributed by atoms with Crippen LogP contribution in [-0.4, -0.2) is 21.8 Å². The van der Waals surface area contributed by atoms with Gasteiger partial charge < -0.3 is 4.74 Å². The Morgan fingerprint density at radius 3 is 2.23 bits per heavy atom. The zero-order chi connectivity index (χ0) is 17.0. The molecule has 0 bridgehead atoms. The summed E-state index contributed by atoms with van der Waals surface area (Å²) in [7, 11) is -3.49. The molecule has 7 heteroatoms. The number of ether oxygens (including phenoxy) is 1. The maximum absolute atomic E-state index is 13.0. The minimum Gasteiger partial charge on any atom is -0.442 e. The van der Waals surface area contributed by atoms with Crippen LogP contribution in [0.15, 0.2) is 51.7 Å². The molecule has 0 aliphatic heterocycles. The normalized spacial score (nSPS) is 13.6. The molecule has 0 spiro atoms. The Labute approximate surface area is 130 Å². The van der Waals surface area contributed by atoms with Crippen LogP contribution in [0.1, 0.15) is 27.7 Å². The largest absolute Gasteiger partial charge is 0.444 e. The molecule has 1 aromatic carbocycles. The first kappa shape index (κ1) is 17.9. The Morgan fingerprint density at radius 2 is 1.77 bits per heavy atom. The third-order valence-corrected chi connectivity index (χ3v) is 4.06. The maximum atomic E-state index is 13.0. The fourth-order valence-electron chi connectivity index (χ4n) is 1.34. The number of amides is 2. The number of hydrogen-bond donors (Lipinski definition) is 1. The van der Waals surface area contributed by atoms with E-state index < -0.39 is 27.5 Å². The molecule has 0 saturated heterocycles. The van der Waals surface area contributed by atoms with Gasteiger partial charge in [-0.05, 0) is 39.8 Å². The van der Waals surface area contributed by atoms with Gasteiger partial charge in [0.2, 0.25) is 0 Å². The summed E-state index contributed by atoms with van der Waals surface area (Å²) in [6.45, 7) is 9.93. The minimum absolute atomic E-state index is 0.156. The van der Waals surface area contributed by atoms with Crippen LogP contribution in [0, 0.1) is 0 Å². The zero-order valence-corrected chi connectivity index (χ0v) is 13.9. The number of nitrogens with one attached hydrogen (secondary N) is 1. The van der Waals surface area contributed by atoms with Crippen molar-refractivity contribution >= 4 is 21.9 Å². The highest BCUT2D eigenvalue weighted by Gasteiger charge is 2.22. The summed E-state index contributed by atoms with van der Waals surface area (Å²) in [5, 5.41) is 0. The van der Waals surface area contributed by atoms with Crippen molar-refractivity contribution < 1.29 is 18.5 Å². The van der Waals surface area contributed by atoms with Gasteiger partial charge in [0.1, 0.15) is 5.60 Å². The molecule has 6 nitrogen and oxygen atoms in total. The number of hydrogen-bond acceptors (Lipinski definition) is 4. The summed E-state index contributed by atoms with van der Waals surface area (Å²) in [6.07, 6.45) is -1.01. The fraction of sp³-hybridized carbons (Fsp3) is 0.333. The molecule has 1 rings (SSSR count). The van der Waals surface area contributed by atoms with Crippen molar-refractivity contribution in [3.8, 4) is 0 Å². The van der Waals surface area contributed by atoms with E-state index in [0.717, 1.165) is 0 Å². The standard InChI is InChI=1S/C15H20N2O4S/c1-11(2)13(18)16-22(20,12-9-7-6-8-10-12)17-14(19)21-15(3,4)5/h6-10H,1H2,2-5H3,(H,16,17,18,19,20). The lowest BCUT2D eigenvalue weighted by Crippen LogP contribution is -2.32. The van der Waals surface area contributed by atoms with E-state index in [9.17, 15) is 13.8 Å². The van der Waals surface area contributed by atoms with E-state index in [-0.39, 0.29) is 10.5 Å². The predicted molar refractivity (Wildman–Crippen MR) is 84.5 cm³/mol. The fourth-order valence-corrected chi connectivity index (χ4v) is 2.81. The van der Waals surface area contributed by atoms with Crippen molar-refractivity contribution in [3.63, 3.8) is 0 Å². The molecule has 1 atom stereocenters. The van der Waals surface area contributed by atoms with Gasteiger partial charge in [0.15, 0.2) is 9.92 Å². The van der Waals surface area contributed by atoms with Crippen molar-refractivity contribution in [2.24, 2.45) is 4.36 Å². The first-order valence-corrected chi connectivity index (χ1v) is 8.08. The van der Waals surface area contributed by atoms with Crippen molar-refractivity contribution in [2.75, 3.05) is 0 Å². The number of carbonyl (C=O) groups excluding carboxylic acids is 2. The Kier molecular flexibility index (Phi) is 5.48. The summed E-state index contributed by atoms with van der Waals surface area (Å²) in [5.74, 6) is -0.652. The summed E-state index contributed by atoms with van der Waals surface area (Å²) >= 11 is 0. The second-order valence-corrected chi connectivity index (χ2v) is 7.53. The summed E-state index contributed by atoms with van der Waals surface area (Å²) in [5.41, 5.74) is -0.626. The van der Waals surface area contributed by atoms with Gasteiger partial charge in [-0.15, -0.1) is 4.36 Å². The molecule has 1 aromatic rings. The van der Waals surface area contributed by atoms with E-state index >= 15 is 0 Å². The molecule has 0 aliphatic carbocycles. The Bertz CT molecular complexity index is 696. The summed E-state index contributed by atoms with van der Waals surface area (Å²) in [6, 6.07) is 8.00. The van der Waals surface area contributed by atoms with Gasteiger partial charge >= 0.3 is 6.09 Å². The van der Waals surface area contributed by atoms with E-state index in [4.69, 9.17) is 4.74 Å². The third-order valence-electron chi connectivity index (χ3n) is 2.28. The molecular formula is C15H20N2O4S. The van der Waals surface area contributed by atoms with Crippen LogP contribution in [0.5, 0.6) is 0 Å². The average molecular weight is 324 g/mol. The van der Waals surface area contributed by atoms with Crippen LogP contribution in [0.2, 0.25) is 0 Å². The summed E-state index contributed by atoms with van der Waals surface area (Å²) < 4.78 is 23.8. The number of rotatable bonds is 3. The van der Waals surface area contributed by atoms with Crippen molar-refractivity contribution in [1.29, 1.82) is 0 Å². The molecule has 2 amide bonds. The van der Waals surface area contributed by atoms with E-state index in [1.54, 1.807) is 39.0 Å². The number of nitrogens with zero attached hydrogens (tertiary/aromatic N) is 1. The van der Waals surface area contributed by atoms with E-state index in [1.807, 2.05) is 0 Å². The summed E-state index contributed by atoms with van der Waals surface area (Å²) in [4.78, 5) is 23.9. The van der Waals surface area contributed by atoms with Crippen LogP contribution in [0.3, 0.4) is 0 Å². The smallest absolute Gasteiger partial charge is 0.442 e. The van der Waals surface area contributed by atoms with Crippen LogP contribution < -0.4 is 4.72 Å². The molecular weight excluding hydrogens is 304 g/mol. The first-order chi connectivity index (χ1) is 10.0. The number of carbonyl (C=O) groups is 2. The van der Waals surface area contributed by atoms with Gasteiger partial charge in [-0.3, -0.25) is 9.52 Å². The molecule has 1 unspecified atom stereocenters. The Balaban J connectivity index is 3.29. The average Bonchev–Trinajstić information content (AvgIpc) is 2.36. The lowest BCUT2D eigenvalue weighted by molar-refractivity contribution is -0.115. The molecule has 0 saturated carbocycles. The predicted octanol–water partition coefficient (Wildman–Crippen LogP) is 3.06. The van der Waals surface area contributed by atoms with E-state index in [2.05, 4.69) is 15.7 Å². The van der Waals surface area contributed by atoms with Crippen LogP contribution >= 0.6 is 0 Å². The molecule has 0 fully saturated rings. The second kappa shape index (κ2) is 6.74. The highest BCUT2D eigenvalue weighted by atomic mass is 32.2. The quantitative estimate of drug-likeness (QED) is 0.866. The SMILES string of the molecule is C=C(C)C(=O)NS(=O)(=NC(=O)OC(C)(C)C)c1ccccc1. The third kappa shape index (κ3) is 5.33. The lowest BCUT2D eigenvalue weighted by Gasteiger charge is -2.18.